The average Bonchev–Trinajstić information content (AvgIpc) is 3.45. The van der Waals surface area contributed by atoms with Crippen LogP contribution in [0, 0.1) is 0 Å². The van der Waals surface area contributed by atoms with E-state index in [4.69, 9.17) is 4.74 Å². The summed E-state index contributed by atoms with van der Waals surface area (Å²) in [6.07, 6.45) is 6.07. The number of ether oxygens (including phenoxy) is 1. The highest BCUT2D eigenvalue weighted by molar-refractivity contribution is 5.94. The van der Waals surface area contributed by atoms with Gasteiger partial charge in [-0.15, -0.1) is 0 Å². The van der Waals surface area contributed by atoms with Crippen LogP contribution in [-0.2, 0) is 6.42 Å². The molecular weight excluding hydrogens is 366 g/mol. The molecule has 1 amide bonds. The van der Waals surface area contributed by atoms with Gasteiger partial charge in [-0.3, -0.25) is 4.79 Å². The van der Waals surface area contributed by atoms with Crippen molar-refractivity contribution in [1.82, 2.24) is 24.9 Å². The fraction of sp³-hybridized carbons (Fsp3) is 0.136. The highest BCUT2D eigenvalue weighted by Gasteiger charge is 2.18. The molecule has 0 saturated carbocycles. The maximum absolute atomic E-state index is 12.6. The molecule has 0 bridgehead atoms. The number of para-hydroxylation sites is 1. The molecule has 0 spiro atoms. The number of nitrogens with zero attached hydrogens (tertiary/aromatic N) is 4. The summed E-state index contributed by atoms with van der Waals surface area (Å²) in [6.45, 7) is 0.501. The van der Waals surface area contributed by atoms with Gasteiger partial charge in [0.1, 0.15) is 0 Å². The Morgan fingerprint density at radius 3 is 2.45 bits per heavy atom. The van der Waals surface area contributed by atoms with Crippen LogP contribution < -0.4 is 10.1 Å². The highest BCUT2D eigenvalue weighted by Crippen LogP contribution is 2.19. The molecule has 7 nitrogen and oxygen atoms in total. The smallest absolute Gasteiger partial charge is 0.275 e. The minimum Gasteiger partial charge on any atom is -0.493 e. The standard InChI is InChI=1S/C22H21N5O2/c1-29-20-16-27(18-6-3-2-4-7-18)25-21(20)22(28)23-14-12-17-8-10-19(11-9-17)26-15-5-13-24-26/h2-11,13,15-16H,12,14H2,1H3,(H,23,28). The zero-order valence-electron chi connectivity index (χ0n) is 16.0. The number of amides is 1. The lowest BCUT2D eigenvalue weighted by atomic mass is 10.1. The van der Waals surface area contributed by atoms with Crippen LogP contribution in [0.25, 0.3) is 11.4 Å². The SMILES string of the molecule is COc1cn(-c2ccccc2)nc1C(=O)NCCc1ccc(-n2cccn2)cc1. The van der Waals surface area contributed by atoms with E-state index in [9.17, 15) is 4.79 Å². The number of methoxy groups -OCH3 is 1. The number of hydrogen-bond donors (Lipinski definition) is 1. The monoisotopic (exact) mass is 387 g/mol. The summed E-state index contributed by atoms with van der Waals surface area (Å²) in [5, 5.41) is 11.5. The zero-order chi connectivity index (χ0) is 20.1. The van der Waals surface area contributed by atoms with Gasteiger partial charge in [0.25, 0.3) is 5.91 Å². The Morgan fingerprint density at radius 2 is 1.76 bits per heavy atom. The van der Waals surface area contributed by atoms with E-state index in [1.807, 2.05) is 66.9 Å². The second-order valence-corrected chi connectivity index (χ2v) is 6.45. The summed E-state index contributed by atoms with van der Waals surface area (Å²) < 4.78 is 8.78. The molecule has 0 aliphatic carbocycles. The van der Waals surface area contributed by atoms with Crippen LogP contribution in [0.4, 0.5) is 0 Å². The summed E-state index contributed by atoms with van der Waals surface area (Å²) in [4.78, 5) is 12.6. The Bertz CT molecular complexity index is 1070. The van der Waals surface area contributed by atoms with Gasteiger partial charge in [0.2, 0.25) is 0 Å². The molecule has 2 aromatic heterocycles. The number of carbonyl (C=O) groups is 1. The molecule has 0 unspecified atom stereocenters. The summed E-state index contributed by atoms with van der Waals surface area (Å²) >= 11 is 0. The number of benzene rings is 2. The van der Waals surface area contributed by atoms with Crippen molar-refractivity contribution >= 4 is 5.91 Å². The Kier molecular flexibility index (Phi) is 5.38. The Hall–Kier alpha value is -3.87. The van der Waals surface area contributed by atoms with Crippen molar-refractivity contribution in [3.8, 4) is 17.1 Å². The van der Waals surface area contributed by atoms with E-state index in [0.717, 1.165) is 16.9 Å². The molecule has 1 N–H and O–H groups in total. The molecule has 146 valence electrons. The molecule has 29 heavy (non-hydrogen) atoms. The Balaban J connectivity index is 1.38. The van der Waals surface area contributed by atoms with Crippen molar-refractivity contribution < 1.29 is 9.53 Å². The van der Waals surface area contributed by atoms with Gasteiger partial charge in [-0.1, -0.05) is 30.3 Å². The van der Waals surface area contributed by atoms with E-state index >= 15 is 0 Å². The molecule has 2 aromatic carbocycles. The van der Waals surface area contributed by atoms with Crippen LogP contribution in [0.5, 0.6) is 5.75 Å². The van der Waals surface area contributed by atoms with Crippen LogP contribution in [0.1, 0.15) is 16.1 Å². The summed E-state index contributed by atoms with van der Waals surface area (Å²) in [7, 11) is 1.53. The maximum Gasteiger partial charge on any atom is 0.275 e. The fourth-order valence-electron chi connectivity index (χ4n) is 3.02. The molecule has 7 heteroatoms. The normalized spacial score (nSPS) is 10.7. The van der Waals surface area contributed by atoms with Crippen LogP contribution in [-0.4, -0.2) is 39.1 Å². The van der Waals surface area contributed by atoms with E-state index in [0.29, 0.717) is 18.7 Å². The first kappa shape index (κ1) is 18.5. The lowest BCUT2D eigenvalue weighted by Crippen LogP contribution is -2.26. The van der Waals surface area contributed by atoms with Crippen molar-refractivity contribution in [2.45, 2.75) is 6.42 Å². The van der Waals surface area contributed by atoms with Gasteiger partial charge in [-0.2, -0.15) is 10.2 Å². The second kappa shape index (κ2) is 8.43. The minimum atomic E-state index is -0.260. The van der Waals surface area contributed by atoms with E-state index < -0.39 is 0 Å². The number of hydrogen-bond acceptors (Lipinski definition) is 4. The lowest BCUT2D eigenvalue weighted by Gasteiger charge is -2.06. The molecular formula is C22H21N5O2. The van der Waals surface area contributed by atoms with Crippen molar-refractivity contribution in [3.63, 3.8) is 0 Å². The molecule has 0 atom stereocenters. The maximum atomic E-state index is 12.6. The first-order valence-electron chi connectivity index (χ1n) is 9.31. The van der Waals surface area contributed by atoms with E-state index in [1.54, 1.807) is 21.8 Å². The highest BCUT2D eigenvalue weighted by atomic mass is 16.5. The van der Waals surface area contributed by atoms with Gasteiger partial charge >= 0.3 is 0 Å². The lowest BCUT2D eigenvalue weighted by molar-refractivity contribution is 0.0946. The predicted octanol–water partition coefficient (Wildman–Crippen LogP) is 3.04. The quantitative estimate of drug-likeness (QED) is 0.529. The Morgan fingerprint density at radius 1 is 1.00 bits per heavy atom. The molecule has 4 rings (SSSR count). The second-order valence-electron chi connectivity index (χ2n) is 6.45. The zero-order valence-corrected chi connectivity index (χ0v) is 16.0. The fourth-order valence-corrected chi connectivity index (χ4v) is 3.02. The van der Waals surface area contributed by atoms with Crippen molar-refractivity contribution in [2.75, 3.05) is 13.7 Å². The van der Waals surface area contributed by atoms with Gasteiger partial charge in [0.05, 0.1) is 24.7 Å². The molecule has 0 fully saturated rings. The van der Waals surface area contributed by atoms with E-state index in [2.05, 4.69) is 15.5 Å². The largest absolute Gasteiger partial charge is 0.493 e. The number of rotatable bonds is 7. The third-order valence-corrected chi connectivity index (χ3v) is 4.54. The number of aromatic nitrogens is 4. The molecule has 0 radical (unpaired) electrons. The minimum absolute atomic E-state index is 0.260. The van der Waals surface area contributed by atoms with Gasteiger partial charge in [0, 0.05) is 18.9 Å². The molecule has 2 heterocycles. The summed E-state index contributed by atoms with van der Waals surface area (Å²) in [6, 6.07) is 19.6. The van der Waals surface area contributed by atoms with Gasteiger partial charge in [-0.05, 0) is 42.3 Å². The average molecular weight is 387 g/mol. The van der Waals surface area contributed by atoms with Crippen LogP contribution >= 0.6 is 0 Å². The van der Waals surface area contributed by atoms with E-state index in [1.165, 1.54) is 7.11 Å². The number of nitrogens with one attached hydrogen (secondary N) is 1. The van der Waals surface area contributed by atoms with Crippen molar-refractivity contribution in [2.24, 2.45) is 0 Å². The van der Waals surface area contributed by atoms with E-state index in [-0.39, 0.29) is 11.6 Å². The van der Waals surface area contributed by atoms with Crippen LogP contribution in [0.2, 0.25) is 0 Å². The van der Waals surface area contributed by atoms with Gasteiger partial charge in [0.15, 0.2) is 11.4 Å². The molecule has 0 aliphatic rings. The molecule has 4 aromatic rings. The Labute approximate surface area is 168 Å². The van der Waals surface area contributed by atoms with Crippen molar-refractivity contribution in [1.29, 1.82) is 0 Å². The topological polar surface area (TPSA) is 74.0 Å². The van der Waals surface area contributed by atoms with Crippen molar-refractivity contribution in [3.05, 3.63) is 90.5 Å². The van der Waals surface area contributed by atoms with Gasteiger partial charge in [-0.25, -0.2) is 9.36 Å². The van der Waals surface area contributed by atoms with Gasteiger partial charge < -0.3 is 10.1 Å². The first-order valence-corrected chi connectivity index (χ1v) is 9.31. The third-order valence-electron chi connectivity index (χ3n) is 4.54. The molecule has 0 saturated heterocycles. The first-order chi connectivity index (χ1) is 14.2. The summed E-state index contributed by atoms with van der Waals surface area (Å²) in [5.41, 5.74) is 3.26. The number of carbonyl (C=O) groups excluding carboxylic acids is 1. The molecule has 0 aliphatic heterocycles. The summed E-state index contributed by atoms with van der Waals surface area (Å²) in [5.74, 6) is 0.180. The third kappa shape index (κ3) is 4.19. The van der Waals surface area contributed by atoms with Crippen LogP contribution in [0.15, 0.2) is 79.3 Å². The van der Waals surface area contributed by atoms with Crippen LogP contribution in [0.3, 0.4) is 0 Å². The predicted molar refractivity (Wildman–Crippen MR) is 110 cm³/mol.